The maximum Gasteiger partial charge on any atom is 0.428 e. The van der Waals surface area contributed by atoms with E-state index >= 15 is 4.39 Å². The Morgan fingerprint density at radius 1 is 0.861 bits per heavy atom. The molecule has 1 saturated carbocycles. The molecule has 0 radical (unpaired) electrons. The fraction of sp³-hybridized carbons (Fsp3) is 0.357. The molecule has 3 aromatic rings. The Hall–Kier alpha value is -2.67. The maximum absolute atomic E-state index is 15.1. The fourth-order valence-electron chi connectivity index (χ4n) is 4.92. The van der Waals surface area contributed by atoms with Crippen LogP contribution in [0.4, 0.5) is 26.3 Å². The first-order chi connectivity index (χ1) is 17.1. The molecule has 0 unspecified atom stereocenters. The molecule has 1 nitrogen and oxygen atoms in total. The minimum Gasteiger partial charge on any atom is -0.429 e. The third kappa shape index (κ3) is 5.51. The standard InChI is InChI=1S/C28H25ClF6O/c1-2-3-16-4-6-17(7-5-16)18-8-10-19(11-9-18)21-12-13-22(25(29)26(21)32)28(34,35)36-20-14-23(30)27(33)24(31)15-20/h8-17H,2-7H2,1H3. The van der Waals surface area contributed by atoms with Crippen molar-refractivity contribution >= 4 is 11.6 Å². The summed E-state index contributed by atoms with van der Waals surface area (Å²) in [4.78, 5) is 0. The molecule has 0 saturated heterocycles. The Balaban J connectivity index is 1.53. The summed E-state index contributed by atoms with van der Waals surface area (Å²) in [5.41, 5.74) is 0.624. The Morgan fingerprint density at radius 2 is 1.47 bits per heavy atom. The highest BCUT2D eigenvalue weighted by Crippen LogP contribution is 2.41. The molecule has 0 N–H and O–H groups in total. The van der Waals surface area contributed by atoms with Gasteiger partial charge in [0.2, 0.25) is 0 Å². The van der Waals surface area contributed by atoms with Crippen LogP contribution in [0.1, 0.15) is 62.5 Å². The Kier molecular flexibility index (Phi) is 7.88. The van der Waals surface area contributed by atoms with Crippen LogP contribution in [0.3, 0.4) is 0 Å². The number of hydrogen-bond acceptors (Lipinski definition) is 1. The molecule has 0 amide bonds. The van der Waals surface area contributed by atoms with Gasteiger partial charge in [0.1, 0.15) is 11.6 Å². The largest absolute Gasteiger partial charge is 0.429 e. The molecule has 0 aliphatic heterocycles. The normalized spacial score (nSPS) is 18.3. The molecule has 3 aromatic carbocycles. The zero-order valence-corrected chi connectivity index (χ0v) is 20.3. The number of alkyl halides is 2. The highest BCUT2D eigenvalue weighted by Gasteiger charge is 2.39. The van der Waals surface area contributed by atoms with E-state index in [2.05, 4.69) is 11.7 Å². The average Bonchev–Trinajstić information content (AvgIpc) is 2.84. The van der Waals surface area contributed by atoms with Gasteiger partial charge < -0.3 is 4.74 Å². The van der Waals surface area contributed by atoms with E-state index in [1.165, 1.54) is 25.7 Å². The highest BCUT2D eigenvalue weighted by atomic mass is 35.5. The predicted molar refractivity (Wildman–Crippen MR) is 127 cm³/mol. The SMILES string of the molecule is CCCC1CCC(c2ccc(-c3ccc(C(F)(F)Oc4cc(F)c(F)c(F)c4)c(Cl)c3F)cc2)CC1. The summed E-state index contributed by atoms with van der Waals surface area (Å²) in [5, 5.41) is -0.890. The number of benzene rings is 3. The summed E-state index contributed by atoms with van der Waals surface area (Å²) in [7, 11) is 0. The summed E-state index contributed by atoms with van der Waals surface area (Å²) in [6, 6.07) is 9.89. The van der Waals surface area contributed by atoms with Gasteiger partial charge in [0.25, 0.3) is 0 Å². The number of halogens is 7. The molecular weight excluding hydrogens is 502 g/mol. The average molecular weight is 527 g/mol. The molecule has 1 aliphatic carbocycles. The molecule has 0 heterocycles. The maximum atomic E-state index is 15.1. The molecule has 192 valence electrons. The zero-order chi connectivity index (χ0) is 26.0. The minimum atomic E-state index is -4.24. The van der Waals surface area contributed by atoms with Crippen LogP contribution in [0.2, 0.25) is 5.02 Å². The van der Waals surface area contributed by atoms with Crippen LogP contribution in [0.25, 0.3) is 11.1 Å². The first-order valence-corrected chi connectivity index (χ1v) is 12.3. The molecule has 0 spiro atoms. The van der Waals surface area contributed by atoms with Gasteiger partial charge in [-0.2, -0.15) is 8.78 Å². The molecule has 1 aliphatic rings. The molecule has 0 aromatic heterocycles. The van der Waals surface area contributed by atoms with Crippen molar-refractivity contribution in [3.05, 3.63) is 87.9 Å². The summed E-state index contributed by atoms with van der Waals surface area (Å²) >= 11 is 5.94. The van der Waals surface area contributed by atoms with E-state index in [9.17, 15) is 22.0 Å². The van der Waals surface area contributed by atoms with Crippen molar-refractivity contribution in [3.8, 4) is 16.9 Å². The van der Waals surface area contributed by atoms with Crippen LogP contribution < -0.4 is 4.74 Å². The summed E-state index contributed by atoms with van der Waals surface area (Å²) in [6.07, 6.45) is 2.81. The smallest absolute Gasteiger partial charge is 0.428 e. The van der Waals surface area contributed by atoms with E-state index in [0.29, 0.717) is 11.5 Å². The first-order valence-electron chi connectivity index (χ1n) is 11.9. The molecule has 8 heteroatoms. The molecule has 36 heavy (non-hydrogen) atoms. The zero-order valence-electron chi connectivity index (χ0n) is 19.6. The van der Waals surface area contributed by atoms with Crippen molar-refractivity contribution in [2.24, 2.45) is 5.92 Å². The topological polar surface area (TPSA) is 9.23 Å². The van der Waals surface area contributed by atoms with E-state index in [1.807, 2.05) is 12.1 Å². The van der Waals surface area contributed by atoms with Gasteiger partial charge in [0.15, 0.2) is 17.5 Å². The summed E-state index contributed by atoms with van der Waals surface area (Å²) in [5.74, 6) is -6.06. The van der Waals surface area contributed by atoms with Crippen LogP contribution in [0.15, 0.2) is 48.5 Å². The second kappa shape index (κ2) is 10.8. The molecule has 1 fully saturated rings. The van der Waals surface area contributed by atoms with Crippen LogP contribution in [-0.4, -0.2) is 0 Å². The Morgan fingerprint density at radius 3 is 2.06 bits per heavy atom. The van der Waals surface area contributed by atoms with Gasteiger partial charge >= 0.3 is 6.11 Å². The van der Waals surface area contributed by atoms with Gasteiger partial charge in [0.05, 0.1) is 10.6 Å². The molecule has 0 bridgehead atoms. The second-order valence-corrected chi connectivity index (χ2v) is 9.61. The highest BCUT2D eigenvalue weighted by molar-refractivity contribution is 6.32. The predicted octanol–water partition coefficient (Wildman–Crippen LogP) is 9.77. The number of hydrogen-bond donors (Lipinski definition) is 0. The third-order valence-electron chi connectivity index (χ3n) is 6.84. The van der Waals surface area contributed by atoms with Gasteiger partial charge in [0, 0.05) is 17.7 Å². The lowest BCUT2D eigenvalue weighted by atomic mass is 9.77. The Labute approximate surface area is 211 Å². The monoisotopic (exact) mass is 526 g/mol. The van der Waals surface area contributed by atoms with Gasteiger partial charge in [-0.15, -0.1) is 0 Å². The first kappa shape index (κ1) is 26.4. The van der Waals surface area contributed by atoms with E-state index in [0.717, 1.165) is 36.5 Å². The van der Waals surface area contributed by atoms with Crippen molar-refractivity contribution in [2.45, 2.75) is 57.5 Å². The van der Waals surface area contributed by atoms with E-state index in [4.69, 9.17) is 11.6 Å². The number of ether oxygens (including phenoxy) is 1. The van der Waals surface area contributed by atoms with Crippen molar-refractivity contribution in [1.29, 1.82) is 0 Å². The van der Waals surface area contributed by atoms with Crippen molar-refractivity contribution < 1.29 is 31.1 Å². The van der Waals surface area contributed by atoms with Crippen molar-refractivity contribution in [3.63, 3.8) is 0 Å². The van der Waals surface area contributed by atoms with Crippen LogP contribution in [0.5, 0.6) is 5.75 Å². The molecule has 4 rings (SSSR count). The van der Waals surface area contributed by atoms with Crippen LogP contribution in [0, 0.1) is 29.2 Å². The Bertz CT molecular complexity index is 1200. The lowest BCUT2D eigenvalue weighted by Crippen LogP contribution is -2.23. The quantitative estimate of drug-likeness (QED) is 0.220. The minimum absolute atomic E-state index is 0.0247. The second-order valence-electron chi connectivity index (χ2n) is 9.24. The lowest BCUT2D eigenvalue weighted by molar-refractivity contribution is -0.185. The van der Waals surface area contributed by atoms with Crippen molar-refractivity contribution in [2.75, 3.05) is 0 Å². The van der Waals surface area contributed by atoms with Crippen LogP contribution in [-0.2, 0) is 6.11 Å². The van der Waals surface area contributed by atoms with Gasteiger partial charge in [-0.1, -0.05) is 61.7 Å². The lowest BCUT2D eigenvalue weighted by Gasteiger charge is -2.28. The fourth-order valence-corrected chi connectivity index (χ4v) is 5.19. The van der Waals surface area contributed by atoms with Crippen LogP contribution >= 0.6 is 11.6 Å². The number of rotatable bonds is 7. The van der Waals surface area contributed by atoms with Gasteiger partial charge in [-0.25, -0.2) is 17.6 Å². The van der Waals surface area contributed by atoms with E-state index in [-0.39, 0.29) is 17.7 Å². The molecule has 0 atom stereocenters. The van der Waals surface area contributed by atoms with E-state index in [1.54, 1.807) is 12.1 Å². The van der Waals surface area contributed by atoms with Crippen molar-refractivity contribution in [1.82, 2.24) is 0 Å². The third-order valence-corrected chi connectivity index (χ3v) is 7.21. The van der Waals surface area contributed by atoms with Gasteiger partial charge in [-0.3, -0.25) is 0 Å². The van der Waals surface area contributed by atoms with Gasteiger partial charge in [-0.05, 0) is 54.7 Å². The molecular formula is C28H25ClF6O. The summed E-state index contributed by atoms with van der Waals surface area (Å²) in [6.45, 7) is 2.20. The van der Waals surface area contributed by atoms with E-state index < -0.39 is 45.7 Å². The summed E-state index contributed by atoms with van der Waals surface area (Å²) < 4.78 is 88.7.